The van der Waals surface area contributed by atoms with Crippen LogP contribution in [0.25, 0.3) is 11.1 Å². The number of carboxylic acid groups (broad SMARTS) is 1. The van der Waals surface area contributed by atoms with E-state index < -0.39 is 18.0 Å². The summed E-state index contributed by atoms with van der Waals surface area (Å²) in [5, 5.41) is 14.9. The van der Waals surface area contributed by atoms with Crippen LogP contribution in [-0.2, 0) is 14.3 Å². The van der Waals surface area contributed by atoms with E-state index in [0.29, 0.717) is 25.7 Å². The Morgan fingerprint density at radius 2 is 1.68 bits per heavy atom. The molecule has 34 heavy (non-hydrogen) atoms. The van der Waals surface area contributed by atoms with Gasteiger partial charge in [-0.25, -0.2) is 4.79 Å². The number of ether oxygens (including phenoxy) is 1. The van der Waals surface area contributed by atoms with E-state index in [4.69, 9.17) is 9.84 Å². The van der Waals surface area contributed by atoms with Crippen LogP contribution in [0.1, 0.15) is 62.5 Å². The molecule has 1 fully saturated rings. The van der Waals surface area contributed by atoms with Crippen molar-refractivity contribution in [2.75, 3.05) is 6.61 Å². The molecule has 0 spiro atoms. The van der Waals surface area contributed by atoms with Gasteiger partial charge in [0.2, 0.25) is 5.91 Å². The van der Waals surface area contributed by atoms with Gasteiger partial charge < -0.3 is 20.5 Å². The smallest absolute Gasteiger partial charge is 0.407 e. The molecule has 1 saturated carbocycles. The molecular weight excluding hydrogens is 432 g/mol. The second-order valence-corrected chi connectivity index (χ2v) is 9.27. The minimum Gasteiger partial charge on any atom is -0.481 e. The summed E-state index contributed by atoms with van der Waals surface area (Å²) < 4.78 is 5.62. The van der Waals surface area contributed by atoms with Crippen LogP contribution in [0.5, 0.6) is 0 Å². The maximum Gasteiger partial charge on any atom is 0.407 e. The fourth-order valence-electron chi connectivity index (χ4n) is 5.23. The lowest BCUT2D eigenvalue weighted by Crippen LogP contribution is -2.42. The maximum atomic E-state index is 12.6. The Morgan fingerprint density at radius 3 is 2.26 bits per heavy atom. The largest absolute Gasteiger partial charge is 0.481 e. The quantitative estimate of drug-likeness (QED) is 0.508. The van der Waals surface area contributed by atoms with Gasteiger partial charge in [-0.1, -0.05) is 61.9 Å². The predicted molar refractivity (Wildman–Crippen MR) is 128 cm³/mol. The van der Waals surface area contributed by atoms with E-state index in [2.05, 4.69) is 34.9 Å². The monoisotopic (exact) mass is 464 g/mol. The molecule has 0 aliphatic heterocycles. The van der Waals surface area contributed by atoms with Crippen molar-refractivity contribution in [3.63, 3.8) is 0 Å². The van der Waals surface area contributed by atoms with E-state index in [0.717, 1.165) is 17.5 Å². The fraction of sp³-hybridized carbons (Fsp3) is 0.444. The Bertz CT molecular complexity index is 1010. The van der Waals surface area contributed by atoms with Crippen LogP contribution in [0, 0.1) is 5.92 Å². The predicted octanol–water partition coefficient (Wildman–Crippen LogP) is 4.45. The van der Waals surface area contributed by atoms with Crippen molar-refractivity contribution in [2.24, 2.45) is 5.92 Å². The number of aliphatic carboxylic acids is 1. The third-order valence-corrected chi connectivity index (χ3v) is 6.88. The van der Waals surface area contributed by atoms with Crippen LogP contribution in [0.3, 0.4) is 0 Å². The van der Waals surface area contributed by atoms with Gasteiger partial charge in [-0.3, -0.25) is 9.59 Å². The first-order valence-electron chi connectivity index (χ1n) is 12.1. The first-order valence-corrected chi connectivity index (χ1v) is 12.1. The highest BCUT2D eigenvalue weighted by molar-refractivity contribution is 5.80. The molecule has 7 nitrogen and oxygen atoms in total. The Kier molecular flexibility index (Phi) is 7.50. The lowest BCUT2D eigenvalue weighted by molar-refractivity contribution is -0.141. The van der Waals surface area contributed by atoms with E-state index in [9.17, 15) is 14.4 Å². The summed E-state index contributed by atoms with van der Waals surface area (Å²) in [4.78, 5) is 36.3. The average Bonchev–Trinajstić information content (AvgIpc) is 3.41. The van der Waals surface area contributed by atoms with Crippen molar-refractivity contribution < 1.29 is 24.2 Å². The van der Waals surface area contributed by atoms with Gasteiger partial charge >= 0.3 is 12.1 Å². The van der Waals surface area contributed by atoms with Crippen molar-refractivity contribution in [2.45, 2.75) is 63.5 Å². The lowest BCUT2D eigenvalue weighted by Gasteiger charge is -2.20. The highest BCUT2D eigenvalue weighted by Gasteiger charge is 2.31. The minimum atomic E-state index is -0.808. The van der Waals surface area contributed by atoms with Gasteiger partial charge in [-0.05, 0) is 47.9 Å². The molecule has 2 aromatic carbocycles. The molecule has 2 aromatic rings. The maximum absolute atomic E-state index is 12.6. The van der Waals surface area contributed by atoms with Crippen molar-refractivity contribution in [1.29, 1.82) is 0 Å². The van der Waals surface area contributed by atoms with E-state index in [1.807, 2.05) is 31.2 Å². The molecule has 7 heteroatoms. The summed E-state index contributed by atoms with van der Waals surface area (Å²) >= 11 is 0. The van der Waals surface area contributed by atoms with Crippen LogP contribution in [0.2, 0.25) is 0 Å². The summed E-state index contributed by atoms with van der Waals surface area (Å²) in [5.74, 6) is -1.39. The van der Waals surface area contributed by atoms with E-state index >= 15 is 0 Å². The standard InChI is InChI=1S/C27H32N2O5/c1-2-7-18(15-25(30)28-19-13-12-17(14-19)26(31)32)29-27(33)34-16-24-22-10-5-3-8-20(22)21-9-4-6-11-23(21)24/h3-6,8-11,17-19,24H,2,7,12-16H2,1H3,(H,28,30)(H,29,33)(H,31,32)/t17-,18+,19+/m1/s1. The summed E-state index contributed by atoms with van der Waals surface area (Å²) in [6.07, 6.45) is 2.79. The SMILES string of the molecule is CCC[C@@H](CC(=O)N[C@H]1CC[C@@H](C(=O)O)C1)NC(=O)OCC1c2ccccc2-c2ccccc21. The van der Waals surface area contributed by atoms with Gasteiger partial charge in [0, 0.05) is 24.4 Å². The number of hydrogen-bond donors (Lipinski definition) is 3. The molecule has 4 rings (SSSR count). The van der Waals surface area contributed by atoms with E-state index in [-0.39, 0.29) is 36.9 Å². The van der Waals surface area contributed by atoms with Crippen LogP contribution >= 0.6 is 0 Å². The van der Waals surface area contributed by atoms with Crippen LogP contribution in [0.15, 0.2) is 48.5 Å². The number of nitrogens with one attached hydrogen (secondary N) is 2. The Labute approximate surface area is 199 Å². The zero-order chi connectivity index (χ0) is 24.1. The van der Waals surface area contributed by atoms with E-state index in [1.165, 1.54) is 11.1 Å². The highest BCUT2D eigenvalue weighted by atomic mass is 16.5. The number of benzene rings is 2. The van der Waals surface area contributed by atoms with Gasteiger partial charge in [0.1, 0.15) is 6.61 Å². The van der Waals surface area contributed by atoms with Crippen molar-refractivity contribution in [3.8, 4) is 11.1 Å². The highest BCUT2D eigenvalue weighted by Crippen LogP contribution is 2.44. The molecule has 0 radical (unpaired) electrons. The van der Waals surface area contributed by atoms with Gasteiger partial charge in [-0.15, -0.1) is 0 Å². The van der Waals surface area contributed by atoms with Crippen molar-refractivity contribution >= 4 is 18.0 Å². The molecule has 180 valence electrons. The van der Waals surface area contributed by atoms with E-state index in [1.54, 1.807) is 0 Å². The summed E-state index contributed by atoms with van der Waals surface area (Å²) in [7, 11) is 0. The van der Waals surface area contributed by atoms with Crippen LogP contribution < -0.4 is 10.6 Å². The normalized spacial score (nSPS) is 19.7. The number of carbonyl (C=O) groups excluding carboxylic acids is 2. The van der Waals surface area contributed by atoms with Gasteiger partial charge in [0.15, 0.2) is 0 Å². The van der Waals surface area contributed by atoms with Crippen LogP contribution in [0.4, 0.5) is 4.79 Å². The van der Waals surface area contributed by atoms with Crippen molar-refractivity contribution in [3.05, 3.63) is 59.7 Å². The number of rotatable bonds is 9. The summed E-state index contributed by atoms with van der Waals surface area (Å²) in [6, 6.07) is 15.9. The molecule has 0 saturated heterocycles. The lowest BCUT2D eigenvalue weighted by atomic mass is 9.98. The summed E-state index contributed by atoms with van der Waals surface area (Å²) in [5.41, 5.74) is 4.64. The zero-order valence-corrected chi connectivity index (χ0v) is 19.5. The topological polar surface area (TPSA) is 105 Å². The number of carbonyl (C=O) groups is 3. The third kappa shape index (κ3) is 5.41. The van der Waals surface area contributed by atoms with Crippen LogP contribution in [-0.4, -0.2) is 41.8 Å². The number of alkyl carbamates (subject to hydrolysis) is 1. The molecule has 0 unspecified atom stereocenters. The number of carboxylic acids is 1. The number of hydrogen-bond acceptors (Lipinski definition) is 4. The summed E-state index contributed by atoms with van der Waals surface area (Å²) in [6.45, 7) is 2.22. The Balaban J connectivity index is 1.30. The molecule has 3 N–H and O–H groups in total. The number of fused-ring (bicyclic) bond motifs is 3. The zero-order valence-electron chi connectivity index (χ0n) is 19.5. The molecule has 2 amide bonds. The number of amides is 2. The fourth-order valence-corrected chi connectivity index (χ4v) is 5.23. The molecule has 0 heterocycles. The van der Waals surface area contributed by atoms with Gasteiger partial charge in [-0.2, -0.15) is 0 Å². The molecule has 2 aliphatic carbocycles. The Hall–Kier alpha value is -3.35. The third-order valence-electron chi connectivity index (χ3n) is 6.88. The molecule has 0 bridgehead atoms. The minimum absolute atomic E-state index is 0.0179. The first-order chi connectivity index (χ1) is 16.5. The Morgan fingerprint density at radius 1 is 1.03 bits per heavy atom. The second kappa shape index (κ2) is 10.7. The van der Waals surface area contributed by atoms with Gasteiger partial charge in [0.05, 0.1) is 5.92 Å². The molecule has 0 aromatic heterocycles. The molecule has 3 atom stereocenters. The first kappa shape index (κ1) is 23.8. The average molecular weight is 465 g/mol. The van der Waals surface area contributed by atoms with Gasteiger partial charge in [0.25, 0.3) is 0 Å². The van der Waals surface area contributed by atoms with Crippen molar-refractivity contribution in [1.82, 2.24) is 10.6 Å². The molecule has 2 aliphatic rings. The second-order valence-electron chi connectivity index (χ2n) is 9.27. The molecular formula is C27H32N2O5.